The van der Waals surface area contributed by atoms with Crippen LogP contribution in [0.2, 0.25) is 0 Å². The number of nitrogens with zero attached hydrogens (tertiary/aromatic N) is 2. The molecule has 0 amide bonds. The fourth-order valence-corrected chi connectivity index (χ4v) is 3.09. The van der Waals surface area contributed by atoms with Gasteiger partial charge in [-0.15, -0.1) is 0 Å². The van der Waals surface area contributed by atoms with Gasteiger partial charge < -0.3 is 5.32 Å². The van der Waals surface area contributed by atoms with E-state index in [-0.39, 0.29) is 0 Å². The van der Waals surface area contributed by atoms with E-state index >= 15 is 0 Å². The quantitative estimate of drug-likeness (QED) is 0.819. The maximum atomic E-state index is 8.91. The van der Waals surface area contributed by atoms with E-state index in [1.807, 2.05) is 12.3 Å². The summed E-state index contributed by atoms with van der Waals surface area (Å²) in [5.41, 5.74) is 3.47. The van der Waals surface area contributed by atoms with Crippen LogP contribution in [-0.2, 0) is 0 Å². The molecule has 1 fully saturated rings. The molecule has 1 aliphatic heterocycles. The first-order valence-electron chi connectivity index (χ1n) is 6.61. The van der Waals surface area contributed by atoms with Crippen molar-refractivity contribution in [1.29, 1.82) is 5.26 Å². The second-order valence-corrected chi connectivity index (χ2v) is 5.32. The average molecular weight is 239 g/mol. The van der Waals surface area contributed by atoms with Crippen LogP contribution in [0, 0.1) is 11.3 Å². The van der Waals surface area contributed by atoms with Crippen LogP contribution in [0.15, 0.2) is 24.5 Å². The molecule has 2 heterocycles. The monoisotopic (exact) mass is 239 g/mol. The number of hydrogen-bond acceptors (Lipinski definition) is 3. The van der Waals surface area contributed by atoms with Crippen LogP contribution in [0.3, 0.4) is 0 Å². The molecular formula is C15H17N3. The summed E-state index contributed by atoms with van der Waals surface area (Å²) in [5, 5.41) is 12.6. The highest BCUT2D eigenvalue weighted by atomic mass is 15.0. The summed E-state index contributed by atoms with van der Waals surface area (Å²) in [6.45, 7) is 1.16. The van der Waals surface area contributed by atoms with Crippen LogP contribution >= 0.6 is 0 Å². The Morgan fingerprint density at radius 2 is 2.28 bits per heavy atom. The van der Waals surface area contributed by atoms with Crippen LogP contribution in [0.1, 0.15) is 43.2 Å². The summed E-state index contributed by atoms with van der Waals surface area (Å²) in [5.74, 6) is 0. The van der Waals surface area contributed by atoms with E-state index in [1.165, 1.54) is 24.8 Å². The second-order valence-electron chi connectivity index (χ2n) is 5.32. The fraction of sp³-hybridized carbons (Fsp3) is 0.467. The maximum absolute atomic E-state index is 8.91. The van der Waals surface area contributed by atoms with Gasteiger partial charge in [0, 0.05) is 17.9 Å². The van der Waals surface area contributed by atoms with Gasteiger partial charge in [0.25, 0.3) is 0 Å². The lowest BCUT2D eigenvalue weighted by molar-refractivity contribution is 0.347. The Balaban J connectivity index is 1.82. The van der Waals surface area contributed by atoms with Crippen LogP contribution in [0.4, 0.5) is 0 Å². The Labute approximate surface area is 108 Å². The maximum Gasteiger partial charge on any atom is 0.101 e. The molecule has 3 heteroatoms. The van der Waals surface area contributed by atoms with Crippen molar-refractivity contribution in [2.45, 2.75) is 37.6 Å². The highest BCUT2D eigenvalue weighted by Gasteiger charge is 2.34. The van der Waals surface area contributed by atoms with E-state index in [1.54, 1.807) is 6.20 Å². The van der Waals surface area contributed by atoms with E-state index in [4.69, 9.17) is 5.26 Å². The third kappa shape index (κ3) is 2.04. The van der Waals surface area contributed by atoms with E-state index in [2.05, 4.69) is 22.4 Å². The van der Waals surface area contributed by atoms with E-state index in [0.717, 1.165) is 24.9 Å². The molecule has 0 aromatic carbocycles. The van der Waals surface area contributed by atoms with E-state index in [9.17, 15) is 0 Å². The predicted molar refractivity (Wildman–Crippen MR) is 70.7 cm³/mol. The van der Waals surface area contributed by atoms with Gasteiger partial charge in [-0.2, -0.15) is 5.26 Å². The van der Waals surface area contributed by atoms with Gasteiger partial charge in [-0.3, -0.25) is 4.98 Å². The lowest BCUT2D eigenvalue weighted by atomic mass is 9.80. The fourth-order valence-electron chi connectivity index (χ4n) is 3.09. The van der Waals surface area contributed by atoms with Crippen molar-refractivity contribution >= 4 is 5.57 Å². The molecule has 0 saturated carbocycles. The molecule has 1 saturated heterocycles. The highest BCUT2D eigenvalue weighted by molar-refractivity contribution is 5.67. The van der Waals surface area contributed by atoms with E-state index in [0.29, 0.717) is 11.1 Å². The lowest BCUT2D eigenvalue weighted by Gasteiger charge is -2.33. The molecule has 92 valence electrons. The molecule has 0 radical (unpaired) electrons. The molecule has 1 aromatic heterocycles. The van der Waals surface area contributed by atoms with Gasteiger partial charge in [0.2, 0.25) is 0 Å². The van der Waals surface area contributed by atoms with Crippen LogP contribution in [0.5, 0.6) is 0 Å². The molecule has 3 nitrogen and oxygen atoms in total. The first kappa shape index (κ1) is 11.4. The van der Waals surface area contributed by atoms with Crippen molar-refractivity contribution in [2.24, 2.45) is 0 Å². The van der Waals surface area contributed by atoms with Crippen molar-refractivity contribution in [1.82, 2.24) is 10.3 Å². The smallest absolute Gasteiger partial charge is 0.101 e. The van der Waals surface area contributed by atoms with E-state index < -0.39 is 0 Å². The Hall–Kier alpha value is -1.66. The Bertz CT molecular complexity index is 519. The molecule has 2 aliphatic rings. The molecule has 1 spiro atoms. The normalized spacial score (nSPS) is 26.9. The van der Waals surface area contributed by atoms with Crippen molar-refractivity contribution in [3.05, 3.63) is 35.7 Å². The minimum Gasteiger partial charge on any atom is -0.311 e. The van der Waals surface area contributed by atoms with Gasteiger partial charge >= 0.3 is 0 Å². The number of hydrogen-bond donors (Lipinski definition) is 1. The first-order valence-corrected chi connectivity index (χ1v) is 6.61. The zero-order chi connectivity index (χ0) is 12.4. The number of nitriles is 1. The van der Waals surface area contributed by atoms with Crippen molar-refractivity contribution < 1.29 is 0 Å². The molecule has 1 aromatic rings. The molecule has 0 bridgehead atoms. The second kappa shape index (κ2) is 4.55. The van der Waals surface area contributed by atoms with Gasteiger partial charge in [-0.05, 0) is 55.9 Å². The van der Waals surface area contributed by atoms with Crippen molar-refractivity contribution in [3.8, 4) is 6.07 Å². The van der Waals surface area contributed by atoms with Crippen molar-refractivity contribution in [3.63, 3.8) is 0 Å². The molecule has 1 atom stereocenters. The van der Waals surface area contributed by atoms with Gasteiger partial charge in [-0.25, -0.2) is 0 Å². The van der Waals surface area contributed by atoms with Gasteiger partial charge in [-0.1, -0.05) is 6.08 Å². The molecule has 18 heavy (non-hydrogen) atoms. The Kier molecular flexibility index (Phi) is 2.89. The molecule has 1 N–H and O–H groups in total. The number of pyridine rings is 1. The van der Waals surface area contributed by atoms with Gasteiger partial charge in [0.1, 0.15) is 6.07 Å². The van der Waals surface area contributed by atoms with Gasteiger partial charge in [0.05, 0.1) is 5.56 Å². The van der Waals surface area contributed by atoms with Crippen LogP contribution < -0.4 is 5.32 Å². The topological polar surface area (TPSA) is 48.7 Å². The first-order chi connectivity index (χ1) is 8.81. The predicted octanol–water partition coefficient (Wildman–Crippen LogP) is 2.64. The SMILES string of the molecule is N#Cc1cncc(C2=CCC3(CCCN3)CC2)c1. The average Bonchev–Trinajstić information content (AvgIpc) is 2.88. The highest BCUT2D eigenvalue weighted by Crippen LogP contribution is 2.37. The minimum atomic E-state index is 0.365. The molecule has 1 unspecified atom stereocenters. The largest absolute Gasteiger partial charge is 0.311 e. The Morgan fingerprint density at radius 1 is 1.33 bits per heavy atom. The summed E-state index contributed by atoms with van der Waals surface area (Å²) in [4.78, 5) is 4.14. The number of rotatable bonds is 1. The lowest BCUT2D eigenvalue weighted by Crippen LogP contribution is -2.40. The Morgan fingerprint density at radius 3 is 2.94 bits per heavy atom. The zero-order valence-electron chi connectivity index (χ0n) is 10.4. The number of nitrogens with one attached hydrogen (secondary N) is 1. The summed E-state index contributed by atoms with van der Waals surface area (Å²) < 4.78 is 0. The molecule has 1 aliphatic carbocycles. The van der Waals surface area contributed by atoms with Crippen LogP contribution in [0.25, 0.3) is 5.57 Å². The van der Waals surface area contributed by atoms with Gasteiger partial charge in [0.15, 0.2) is 0 Å². The summed E-state index contributed by atoms with van der Waals surface area (Å²) in [7, 11) is 0. The summed E-state index contributed by atoms with van der Waals surface area (Å²) >= 11 is 0. The third-order valence-corrected chi connectivity index (χ3v) is 4.18. The standard InChI is InChI=1S/C15H17N3/c16-9-12-8-14(11-17-10-12)13-2-5-15(6-3-13)4-1-7-18-15/h2,8,10-11,18H,1,3-7H2. The molecule has 3 rings (SSSR count). The summed E-state index contributed by atoms with van der Waals surface area (Å²) in [6.07, 6.45) is 11.8. The molecular weight excluding hydrogens is 222 g/mol. The summed E-state index contributed by atoms with van der Waals surface area (Å²) in [6, 6.07) is 4.10. The minimum absolute atomic E-state index is 0.365. The third-order valence-electron chi connectivity index (χ3n) is 4.18. The van der Waals surface area contributed by atoms with Crippen molar-refractivity contribution in [2.75, 3.05) is 6.54 Å². The number of aromatic nitrogens is 1. The number of allylic oxidation sites excluding steroid dienone is 1. The zero-order valence-corrected chi connectivity index (χ0v) is 10.4. The van der Waals surface area contributed by atoms with Crippen LogP contribution in [-0.4, -0.2) is 17.1 Å².